The Morgan fingerprint density at radius 2 is 2.15 bits per heavy atom. The van der Waals surface area contributed by atoms with E-state index in [-0.39, 0.29) is 11.5 Å². The van der Waals surface area contributed by atoms with E-state index in [2.05, 4.69) is 23.9 Å². The fourth-order valence-electron chi connectivity index (χ4n) is 1.71. The fraction of sp³-hybridized carbons (Fsp3) is 0.900. The molecule has 0 radical (unpaired) electrons. The van der Waals surface area contributed by atoms with E-state index in [4.69, 9.17) is 0 Å². The van der Waals surface area contributed by atoms with Gasteiger partial charge in [0.25, 0.3) is 0 Å². The number of ether oxygens (including phenoxy) is 1. The van der Waals surface area contributed by atoms with Crippen LogP contribution < -0.4 is 5.32 Å². The van der Waals surface area contributed by atoms with Gasteiger partial charge in [0, 0.05) is 6.54 Å². The first kappa shape index (κ1) is 10.4. The van der Waals surface area contributed by atoms with Crippen LogP contribution in [0.2, 0.25) is 0 Å². The number of rotatable bonds is 3. The van der Waals surface area contributed by atoms with Gasteiger partial charge in [-0.3, -0.25) is 0 Å². The van der Waals surface area contributed by atoms with E-state index in [1.54, 1.807) is 0 Å². The number of carbonyl (C=O) groups excluding carboxylic acids is 1. The molecular formula is C10H19NO2. The standard InChI is InChI=1S/C10H19NO2/c1-10(2,8-5-4-6-8)7-11-9(12)13-3/h8H,4-7H2,1-3H3,(H,11,12). The van der Waals surface area contributed by atoms with Crippen LogP contribution in [0, 0.1) is 11.3 Å². The molecule has 0 heterocycles. The molecule has 0 aromatic carbocycles. The summed E-state index contributed by atoms with van der Waals surface area (Å²) in [6, 6.07) is 0. The first-order valence-corrected chi connectivity index (χ1v) is 4.88. The number of amides is 1. The maximum absolute atomic E-state index is 10.9. The lowest BCUT2D eigenvalue weighted by molar-refractivity contribution is 0.111. The van der Waals surface area contributed by atoms with Gasteiger partial charge >= 0.3 is 6.09 Å². The molecular weight excluding hydrogens is 166 g/mol. The van der Waals surface area contributed by atoms with Crippen molar-refractivity contribution in [2.24, 2.45) is 11.3 Å². The van der Waals surface area contributed by atoms with Crippen molar-refractivity contribution >= 4 is 6.09 Å². The SMILES string of the molecule is COC(=O)NCC(C)(C)C1CCC1. The summed E-state index contributed by atoms with van der Waals surface area (Å²) < 4.78 is 4.53. The van der Waals surface area contributed by atoms with Crippen molar-refractivity contribution in [3.8, 4) is 0 Å². The van der Waals surface area contributed by atoms with E-state index >= 15 is 0 Å². The Balaban J connectivity index is 2.28. The summed E-state index contributed by atoms with van der Waals surface area (Å²) >= 11 is 0. The lowest BCUT2D eigenvalue weighted by Gasteiger charge is -2.40. The Morgan fingerprint density at radius 1 is 1.54 bits per heavy atom. The molecule has 1 N–H and O–H groups in total. The highest BCUT2D eigenvalue weighted by atomic mass is 16.5. The predicted molar refractivity (Wildman–Crippen MR) is 51.5 cm³/mol. The molecule has 0 spiro atoms. The minimum atomic E-state index is -0.326. The summed E-state index contributed by atoms with van der Waals surface area (Å²) in [5, 5.41) is 2.76. The van der Waals surface area contributed by atoms with E-state index < -0.39 is 0 Å². The highest BCUT2D eigenvalue weighted by molar-refractivity contribution is 5.66. The number of nitrogens with one attached hydrogen (secondary N) is 1. The van der Waals surface area contributed by atoms with Crippen LogP contribution in [0.15, 0.2) is 0 Å². The number of carbonyl (C=O) groups is 1. The third-order valence-electron chi connectivity index (χ3n) is 3.08. The normalized spacial score (nSPS) is 17.8. The molecule has 0 aliphatic heterocycles. The highest BCUT2D eigenvalue weighted by Crippen LogP contribution is 2.41. The Kier molecular flexibility index (Phi) is 3.17. The van der Waals surface area contributed by atoms with Gasteiger partial charge in [-0.05, 0) is 24.2 Å². The van der Waals surface area contributed by atoms with Crippen molar-refractivity contribution in [2.45, 2.75) is 33.1 Å². The molecule has 1 aliphatic rings. The number of hydrogen-bond acceptors (Lipinski definition) is 2. The summed E-state index contributed by atoms with van der Waals surface area (Å²) in [6.45, 7) is 5.11. The summed E-state index contributed by atoms with van der Waals surface area (Å²) in [5.41, 5.74) is 0.215. The molecule has 1 amide bonds. The van der Waals surface area contributed by atoms with Gasteiger partial charge in [-0.25, -0.2) is 4.79 Å². The van der Waals surface area contributed by atoms with Gasteiger partial charge in [0.05, 0.1) is 7.11 Å². The Morgan fingerprint density at radius 3 is 2.54 bits per heavy atom. The van der Waals surface area contributed by atoms with Gasteiger partial charge in [-0.15, -0.1) is 0 Å². The van der Waals surface area contributed by atoms with Crippen molar-refractivity contribution in [2.75, 3.05) is 13.7 Å². The Labute approximate surface area is 79.8 Å². The molecule has 1 fully saturated rings. The van der Waals surface area contributed by atoms with Gasteiger partial charge in [0.1, 0.15) is 0 Å². The molecule has 0 atom stereocenters. The van der Waals surface area contributed by atoms with Crippen LogP contribution in [0.25, 0.3) is 0 Å². The Bertz CT molecular complexity index is 185. The van der Waals surface area contributed by atoms with Crippen molar-refractivity contribution < 1.29 is 9.53 Å². The quantitative estimate of drug-likeness (QED) is 0.731. The maximum atomic E-state index is 10.9. The van der Waals surface area contributed by atoms with E-state index in [0.29, 0.717) is 6.54 Å². The zero-order chi connectivity index (χ0) is 9.90. The Hall–Kier alpha value is -0.730. The fourth-order valence-corrected chi connectivity index (χ4v) is 1.71. The monoisotopic (exact) mass is 185 g/mol. The second-order valence-electron chi connectivity index (χ2n) is 4.46. The van der Waals surface area contributed by atoms with Crippen molar-refractivity contribution in [3.05, 3.63) is 0 Å². The van der Waals surface area contributed by atoms with E-state index in [9.17, 15) is 4.79 Å². The number of methoxy groups -OCH3 is 1. The van der Waals surface area contributed by atoms with Crippen LogP contribution in [0.3, 0.4) is 0 Å². The molecule has 0 unspecified atom stereocenters. The van der Waals surface area contributed by atoms with Crippen LogP contribution in [0.5, 0.6) is 0 Å². The van der Waals surface area contributed by atoms with Crippen LogP contribution in [0.1, 0.15) is 33.1 Å². The van der Waals surface area contributed by atoms with Gasteiger partial charge < -0.3 is 10.1 Å². The van der Waals surface area contributed by atoms with Crippen LogP contribution in [-0.2, 0) is 4.74 Å². The molecule has 1 saturated carbocycles. The molecule has 1 aliphatic carbocycles. The molecule has 0 saturated heterocycles. The summed E-state index contributed by atoms with van der Waals surface area (Å²) in [6.07, 6.45) is 3.62. The molecule has 0 aromatic heterocycles. The molecule has 3 nitrogen and oxygen atoms in total. The lowest BCUT2D eigenvalue weighted by Crippen LogP contribution is -2.40. The smallest absolute Gasteiger partial charge is 0.406 e. The van der Waals surface area contributed by atoms with Crippen molar-refractivity contribution in [1.82, 2.24) is 5.32 Å². The molecule has 0 bridgehead atoms. The predicted octanol–water partition coefficient (Wildman–Crippen LogP) is 2.17. The van der Waals surface area contributed by atoms with Crippen LogP contribution >= 0.6 is 0 Å². The van der Waals surface area contributed by atoms with Crippen LogP contribution in [-0.4, -0.2) is 19.7 Å². The molecule has 1 rings (SSSR count). The lowest BCUT2D eigenvalue weighted by atomic mass is 9.67. The third kappa shape index (κ3) is 2.61. The molecule has 3 heteroatoms. The highest BCUT2D eigenvalue weighted by Gasteiger charge is 2.33. The second kappa shape index (κ2) is 3.99. The molecule has 76 valence electrons. The molecule has 13 heavy (non-hydrogen) atoms. The average molecular weight is 185 g/mol. The zero-order valence-electron chi connectivity index (χ0n) is 8.72. The third-order valence-corrected chi connectivity index (χ3v) is 3.08. The first-order valence-electron chi connectivity index (χ1n) is 4.88. The largest absolute Gasteiger partial charge is 0.453 e. The van der Waals surface area contributed by atoms with Crippen molar-refractivity contribution in [1.29, 1.82) is 0 Å². The van der Waals surface area contributed by atoms with E-state index in [0.717, 1.165) is 5.92 Å². The summed E-state index contributed by atoms with van der Waals surface area (Å²) in [4.78, 5) is 10.9. The number of alkyl carbamates (subject to hydrolysis) is 1. The van der Waals surface area contributed by atoms with Gasteiger partial charge in [0.15, 0.2) is 0 Å². The first-order chi connectivity index (χ1) is 6.06. The zero-order valence-corrected chi connectivity index (χ0v) is 8.72. The minimum Gasteiger partial charge on any atom is -0.453 e. The average Bonchev–Trinajstić information content (AvgIpc) is 1.96. The van der Waals surface area contributed by atoms with E-state index in [1.165, 1.54) is 26.4 Å². The second-order valence-corrected chi connectivity index (χ2v) is 4.46. The van der Waals surface area contributed by atoms with Crippen molar-refractivity contribution in [3.63, 3.8) is 0 Å². The summed E-state index contributed by atoms with van der Waals surface area (Å²) in [7, 11) is 1.39. The summed E-state index contributed by atoms with van der Waals surface area (Å²) in [5.74, 6) is 0.768. The van der Waals surface area contributed by atoms with Gasteiger partial charge in [0.2, 0.25) is 0 Å². The minimum absolute atomic E-state index is 0.215. The molecule has 0 aromatic rings. The topological polar surface area (TPSA) is 38.3 Å². The van der Waals surface area contributed by atoms with E-state index in [1.807, 2.05) is 0 Å². The van der Waals surface area contributed by atoms with Crippen LogP contribution in [0.4, 0.5) is 4.79 Å². The van der Waals surface area contributed by atoms with Gasteiger partial charge in [-0.2, -0.15) is 0 Å². The van der Waals surface area contributed by atoms with Gasteiger partial charge in [-0.1, -0.05) is 20.3 Å². The maximum Gasteiger partial charge on any atom is 0.406 e. The number of hydrogen-bond donors (Lipinski definition) is 1.